The van der Waals surface area contributed by atoms with Gasteiger partial charge >= 0.3 is 0 Å². The molecule has 3 heteroatoms. The van der Waals surface area contributed by atoms with Crippen molar-refractivity contribution in [2.45, 2.75) is 38.6 Å². The van der Waals surface area contributed by atoms with Gasteiger partial charge in [-0.25, -0.2) is 0 Å². The number of benzene rings is 1. The molecule has 0 bridgehead atoms. The van der Waals surface area contributed by atoms with E-state index in [1.807, 2.05) is 6.07 Å². The normalized spacial score (nSPS) is 19.3. The summed E-state index contributed by atoms with van der Waals surface area (Å²) in [5.74, 6) is 0. The van der Waals surface area contributed by atoms with E-state index in [4.69, 9.17) is 11.0 Å². The second kappa shape index (κ2) is 5.09. The molecule has 0 spiro atoms. The monoisotopic (exact) mass is 229 g/mol. The molecule has 1 aromatic carbocycles. The predicted octanol–water partition coefficient (Wildman–Crippen LogP) is 2.71. The van der Waals surface area contributed by atoms with Crippen molar-refractivity contribution in [3.8, 4) is 6.07 Å². The molecule has 1 aliphatic heterocycles. The van der Waals surface area contributed by atoms with Crippen molar-refractivity contribution >= 4 is 11.4 Å². The first kappa shape index (κ1) is 11.8. The molecule has 1 heterocycles. The molecule has 0 aliphatic carbocycles. The van der Waals surface area contributed by atoms with E-state index in [-0.39, 0.29) is 0 Å². The van der Waals surface area contributed by atoms with E-state index >= 15 is 0 Å². The van der Waals surface area contributed by atoms with Gasteiger partial charge in [0, 0.05) is 24.0 Å². The first-order valence-electron chi connectivity index (χ1n) is 6.28. The van der Waals surface area contributed by atoms with E-state index in [0.717, 1.165) is 17.8 Å². The third kappa shape index (κ3) is 2.36. The molecule has 0 amide bonds. The summed E-state index contributed by atoms with van der Waals surface area (Å²) in [4.78, 5) is 2.44. The van der Waals surface area contributed by atoms with Crippen LogP contribution in [0.3, 0.4) is 0 Å². The Morgan fingerprint density at radius 1 is 1.53 bits per heavy atom. The third-order valence-electron chi connectivity index (χ3n) is 3.58. The minimum atomic E-state index is 0.393. The van der Waals surface area contributed by atoms with Crippen LogP contribution in [0.5, 0.6) is 0 Å². The summed E-state index contributed by atoms with van der Waals surface area (Å²) in [5.41, 5.74) is 8.76. The van der Waals surface area contributed by atoms with E-state index in [9.17, 15) is 0 Å². The van der Waals surface area contributed by atoms with Crippen molar-refractivity contribution in [1.82, 2.24) is 0 Å². The van der Waals surface area contributed by atoms with E-state index in [2.05, 4.69) is 30.0 Å². The van der Waals surface area contributed by atoms with E-state index < -0.39 is 0 Å². The number of nitrogens with zero attached hydrogens (tertiary/aromatic N) is 2. The average molecular weight is 229 g/mol. The van der Waals surface area contributed by atoms with E-state index in [1.54, 1.807) is 0 Å². The molecule has 1 saturated heterocycles. The van der Waals surface area contributed by atoms with Gasteiger partial charge in [-0.15, -0.1) is 0 Å². The van der Waals surface area contributed by atoms with E-state index in [1.165, 1.54) is 24.9 Å². The van der Waals surface area contributed by atoms with Crippen LogP contribution >= 0.6 is 0 Å². The Hall–Kier alpha value is -1.69. The number of anilines is 2. The van der Waals surface area contributed by atoms with Crippen molar-refractivity contribution < 1.29 is 0 Å². The quantitative estimate of drug-likeness (QED) is 0.811. The summed E-state index contributed by atoms with van der Waals surface area (Å²) in [7, 11) is 0. The minimum absolute atomic E-state index is 0.393. The Kier molecular flexibility index (Phi) is 3.53. The largest absolute Gasteiger partial charge is 0.398 e. The highest BCUT2D eigenvalue weighted by molar-refractivity contribution is 5.60. The van der Waals surface area contributed by atoms with Gasteiger partial charge in [0.15, 0.2) is 0 Å². The second-order valence-electron chi connectivity index (χ2n) is 4.62. The molecule has 0 saturated carbocycles. The predicted molar refractivity (Wildman–Crippen MR) is 70.8 cm³/mol. The molecule has 17 heavy (non-hydrogen) atoms. The van der Waals surface area contributed by atoms with Gasteiger partial charge in [-0.2, -0.15) is 5.26 Å². The Morgan fingerprint density at radius 2 is 2.35 bits per heavy atom. The highest BCUT2D eigenvalue weighted by Gasteiger charge is 2.23. The molecule has 0 aromatic heterocycles. The zero-order chi connectivity index (χ0) is 12.3. The van der Waals surface area contributed by atoms with Gasteiger partial charge in [-0.3, -0.25) is 0 Å². The Balaban J connectivity index is 2.27. The number of nitrogen functional groups attached to an aromatic ring is 1. The van der Waals surface area contributed by atoms with Crippen LogP contribution in [0.4, 0.5) is 11.4 Å². The zero-order valence-electron chi connectivity index (χ0n) is 10.3. The first-order chi connectivity index (χ1) is 8.26. The van der Waals surface area contributed by atoms with Crippen molar-refractivity contribution in [2.75, 3.05) is 17.2 Å². The van der Waals surface area contributed by atoms with Crippen LogP contribution in [-0.2, 0) is 6.42 Å². The lowest BCUT2D eigenvalue weighted by molar-refractivity contribution is 0.645. The zero-order valence-corrected chi connectivity index (χ0v) is 10.3. The van der Waals surface area contributed by atoms with Gasteiger partial charge < -0.3 is 10.6 Å². The van der Waals surface area contributed by atoms with Crippen LogP contribution in [0.1, 0.15) is 31.7 Å². The SMILES string of the molecule is CCC1CCCN1c1ccc(N)c(CC#N)c1. The van der Waals surface area contributed by atoms with Gasteiger partial charge in [-0.05, 0) is 43.0 Å². The maximum atomic E-state index is 8.78. The topological polar surface area (TPSA) is 53.0 Å². The van der Waals surface area contributed by atoms with Crippen molar-refractivity contribution in [3.05, 3.63) is 23.8 Å². The number of hydrogen-bond acceptors (Lipinski definition) is 3. The summed E-state index contributed by atoms with van der Waals surface area (Å²) >= 11 is 0. The van der Waals surface area contributed by atoms with Crippen LogP contribution in [0, 0.1) is 11.3 Å². The highest BCUT2D eigenvalue weighted by atomic mass is 15.2. The number of nitrogens with two attached hydrogens (primary N) is 1. The molecule has 2 rings (SSSR count). The van der Waals surface area contributed by atoms with Crippen molar-refractivity contribution in [2.24, 2.45) is 0 Å². The third-order valence-corrected chi connectivity index (χ3v) is 3.58. The average Bonchev–Trinajstić information content (AvgIpc) is 2.80. The van der Waals surface area contributed by atoms with Crippen LogP contribution < -0.4 is 10.6 Å². The molecule has 1 unspecified atom stereocenters. The van der Waals surface area contributed by atoms with Crippen LogP contribution in [0.2, 0.25) is 0 Å². The number of rotatable bonds is 3. The van der Waals surface area contributed by atoms with Crippen LogP contribution in [0.25, 0.3) is 0 Å². The van der Waals surface area contributed by atoms with Crippen LogP contribution in [-0.4, -0.2) is 12.6 Å². The number of nitriles is 1. The summed E-state index contributed by atoms with van der Waals surface area (Å²) in [5, 5.41) is 8.78. The molecule has 1 aromatic rings. The van der Waals surface area contributed by atoms with Gasteiger partial charge in [0.1, 0.15) is 0 Å². The lowest BCUT2D eigenvalue weighted by Crippen LogP contribution is -2.28. The Bertz CT molecular complexity index is 434. The minimum Gasteiger partial charge on any atom is -0.398 e. The fourth-order valence-corrected chi connectivity index (χ4v) is 2.61. The fraction of sp³-hybridized carbons (Fsp3) is 0.500. The summed E-state index contributed by atoms with van der Waals surface area (Å²) in [6.07, 6.45) is 4.10. The van der Waals surface area contributed by atoms with Gasteiger partial charge in [-0.1, -0.05) is 6.92 Å². The molecule has 90 valence electrons. The molecule has 3 nitrogen and oxygen atoms in total. The Morgan fingerprint density at radius 3 is 3.06 bits per heavy atom. The van der Waals surface area contributed by atoms with Gasteiger partial charge in [0.05, 0.1) is 12.5 Å². The Labute approximate surface area is 103 Å². The van der Waals surface area contributed by atoms with E-state index in [0.29, 0.717) is 12.5 Å². The van der Waals surface area contributed by atoms with Gasteiger partial charge in [0.2, 0.25) is 0 Å². The molecular weight excluding hydrogens is 210 g/mol. The standard InChI is InChI=1S/C14H19N3/c1-2-12-4-3-9-17(12)13-5-6-14(16)11(10-13)7-8-15/h5-6,10,12H,2-4,7,9,16H2,1H3. The lowest BCUT2D eigenvalue weighted by atomic mass is 10.1. The smallest absolute Gasteiger partial charge is 0.0670 e. The molecule has 1 fully saturated rings. The maximum absolute atomic E-state index is 8.78. The lowest BCUT2D eigenvalue weighted by Gasteiger charge is -2.26. The maximum Gasteiger partial charge on any atom is 0.0670 e. The van der Waals surface area contributed by atoms with Crippen LogP contribution in [0.15, 0.2) is 18.2 Å². The van der Waals surface area contributed by atoms with Crippen molar-refractivity contribution in [3.63, 3.8) is 0 Å². The van der Waals surface area contributed by atoms with Crippen molar-refractivity contribution in [1.29, 1.82) is 5.26 Å². The second-order valence-corrected chi connectivity index (χ2v) is 4.62. The summed E-state index contributed by atoms with van der Waals surface area (Å²) < 4.78 is 0. The molecule has 1 aliphatic rings. The molecule has 0 radical (unpaired) electrons. The summed E-state index contributed by atoms with van der Waals surface area (Å²) in [6, 6.07) is 8.89. The highest BCUT2D eigenvalue weighted by Crippen LogP contribution is 2.29. The molecule has 2 N–H and O–H groups in total. The first-order valence-corrected chi connectivity index (χ1v) is 6.28. The fourth-order valence-electron chi connectivity index (χ4n) is 2.61. The molecular formula is C14H19N3. The summed E-state index contributed by atoms with van der Waals surface area (Å²) in [6.45, 7) is 3.35. The number of hydrogen-bond donors (Lipinski definition) is 1. The molecule has 1 atom stereocenters. The van der Waals surface area contributed by atoms with Gasteiger partial charge in [0.25, 0.3) is 0 Å².